The summed E-state index contributed by atoms with van der Waals surface area (Å²) in [5.74, 6) is 0.661. The second-order valence-corrected chi connectivity index (χ2v) is 5.14. The molecule has 2 rings (SSSR count). The van der Waals surface area contributed by atoms with Crippen LogP contribution in [-0.2, 0) is 0 Å². The van der Waals surface area contributed by atoms with E-state index in [2.05, 4.69) is 5.32 Å². The predicted octanol–water partition coefficient (Wildman–Crippen LogP) is 0.788. The van der Waals surface area contributed by atoms with Gasteiger partial charge in [0.15, 0.2) is 11.5 Å². The second-order valence-electron chi connectivity index (χ2n) is 5.14. The van der Waals surface area contributed by atoms with E-state index >= 15 is 0 Å². The van der Waals surface area contributed by atoms with Gasteiger partial charge in [-0.3, -0.25) is 4.79 Å². The summed E-state index contributed by atoms with van der Waals surface area (Å²) >= 11 is 0. The molecule has 0 saturated heterocycles. The Hall–Kier alpha value is -1.95. The third-order valence-corrected chi connectivity index (χ3v) is 3.72. The molecule has 4 N–H and O–H groups in total. The molecule has 0 atom stereocenters. The van der Waals surface area contributed by atoms with Crippen LogP contribution in [0.5, 0.6) is 11.5 Å². The highest BCUT2D eigenvalue weighted by Gasteiger charge is 2.42. The maximum absolute atomic E-state index is 12.2. The number of carbonyl (C=O) groups is 1. The number of nitrogen functional groups attached to an aromatic ring is 1. The SMILES string of the molecule is COc1cc(N)c(C(=O)NCC2(CO)CC2)cc1OC. The molecule has 0 heterocycles. The molecule has 0 unspecified atom stereocenters. The predicted molar refractivity (Wildman–Crippen MR) is 75.0 cm³/mol. The molecule has 1 fully saturated rings. The maximum Gasteiger partial charge on any atom is 0.253 e. The monoisotopic (exact) mass is 280 g/mol. The van der Waals surface area contributed by atoms with E-state index < -0.39 is 0 Å². The van der Waals surface area contributed by atoms with E-state index in [0.717, 1.165) is 12.8 Å². The summed E-state index contributed by atoms with van der Waals surface area (Å²) < 4.78 is 10.3. The second kappa shape index (κ2) is 5.58. The van der Waals surface area contributed by atoms with Crippen molar-refractivity contribution in [2.24, 2.45) is 5.41 Å². The Balaban J connectivity index is 2.13. The lowest BCUT2D eigenvalue weighted by Gasteiger charge is -2.15. The summed E-state index contributed by atoms with van der Waals surface area (Å²) in [7, 11) is 3.01. The normalized spacial score (nSPS) is 15.6. The first-order valence-corrected chi connectivity index (χ1v) is 6.46. The summed E-state index contributed by atoms with van der Waals surface area (Å²) in [4.78, 5) is 12.2. The molecule has 1 aromatic carbocycles. The number of ether oxygens (including phenoxy) is 2. The number of carbonyl (C=O) groups excluding carboxylic acids is 1. The summed E-state index contributed by atoms with van der Waals surface area (Å²) in [5, 5.41) is 12.0. The van der Waals surface area contributed by atoms with Crippen LogP contribution in [0.15, 0.2) is 12.1 Å². The van der Waals surface area contributed by atoms with E-state index in [0.29, 0.717) is 29.3 Å². The number of rotatable bonds is 6. The number of nitrogens with one attached hydrogen (secondary N) is 1. The molecule has 0 aliphatic heterocycles. The van der Waals surface area contributed by atoms with Crippen molar-refractivity contribution in [1.29, 1.82) is 0 Å². The summed E-state index contributed by atoms with van der Waals surface area (Å²) in [5.41, 5.74) is 6.40. The van der Waals surface area contributed by atoms with Crippen molar-refractivity contribution in [3.63, 3.8) is 0 Å². The number of amides is 1. The van der Waals surface area contributed by atoms with Crippen LogP contribution < -0.4 is 20.5 Å². The number of aliphatic hydroxyl groups excluding tert-OH is 1. The molecule has 1 aliphatic carbocycles. The number of hydrogen-bond acceptors (Lipinski definition) is 5. The highest BCUT2D eigenvalue weighted by molar-refractivity contribution is 6.00. The zero-order valence-electron chi connectivity index (χ0n) is 11.7. The molecule has 1 aliphatic rings. The van der Waals surface area contributed by atoms with Gasteiger partial charge in [-0.25, -0.2) is 0 Å². The van der Waals surface area contributed by atoms with Gasteiger partial charge in [-0.1, -0.05) is 0 Å². The zero-order chi connectivity index (χ0) is 14.8. The molecule has 20 heavy (non-hydrogen) atoms. The fraction of sp³-hybridized carbons (Fsp3) is 0.500. The molecular weight excluding hydrogens is 260 g/mol. The molecule has 6 nitrogen and oxygen atoms in total. The third kappa shape index (κ3) is 2.80. The van der Waals surface area contributed by atoms with Gasteiger partial charge in [0.05, 0.1) is 26.4 Å². The van der Waals surface area contributed by atoms with Crippen molar-refractivity contribution < 1.29 is 19.4 Å². The zero-order valence-corrected chi connectivity index (χ0v) is 11.7. The number of methoxy groups -OCH3 is 2. The van der Waals surface area contributed by atoms with Gasteiger partial charge in [0.25, 0.3) is 5.91 Å². The van der Waals surface area contributed by atoms with Gasteiger partial charge in [0, 0.05) is 23.7 Å². The Labute approximate surface area is 117 Å². The van der Waals surface area contributed by atoms with Crippen LogP contribution in [0.2, 0.25) is 0 Å². The molecular formula is C14H20N2O4. The number of anilines is 1. The van der Waals surface area contributed by atoms with E-state index in [1.807, 2.05) is 0 Å². The van der Waals surface area contributed by atoms with E-state index in [1.54, 1.807) is 12.1 Å². The van der Waals surface area contributed by atoms with E-state index in [4.69, 9.17) is 15.2 Å². The van der Waals surface area contributed by atoms with Crippen LogP contribution >= 0.6 is 0 Å². The van der Waals surface area contributed by atoms with Gasteiger partial charge in [0.2, 0.25) is 0 Å². The average Bonchev–Trinajstić information content (AvgIpc) is 3.25. The molecule has 6 heteroatoms. The summed E-state index contributed by atoms with van der Waals surface area (Å²) in [6, 6.07) is 3.12. The Morgan fingerprint density at radius 3 is 2.45 bits per heavy atom. The highest BCUT2D eigenvalue weighted by Crippen LogP contribution is 2.44. The van der Waals surface area contributed by atoms with Gasteiger partial charge < -0.3 is 25.6 Å². The Morgan fingerprint density at radius 1 is 1.35 bits per heavy atom. The van der Waals surface area contributed by atoms with E-state index in [1.165, 1.54) is 14.2 Å². The Morgan fingerprint density at radius 2 is 1.95 bits per heavy atom. The molecule has 110 valence electrons. The highest BCUT2D eigenvalue weighted by atomic mass is 16.5. The van der Waals surface area contributed by atoms with Gasteiger partial charge in [-0.15, -0.1) is 0 Å². The lowest BCUT2D eigenvalue weighted by atomic mass is 10.1. The molecule has 0 spiro atoms. The standard InChI is InChI=1S/C14H20N2O4/c1-19-11-5-9(10(15)6-12(11)20-2)13(18)16-7-14(8-17)3-4-14/h5-6,17H,3-4,7-8,15H2,1-2H3,(H,16,18). The minimum absolute atomic E-state index is 0.0920. The maximum atomic E-state index is 12.2. The average molecular weight is 280 g/mol. The number of hydrogen-bond donors (Lipinski definition) is 3. The van der Waals surface area contributed by atoms with Crippen LogP contribution in [0.25, 0.3) is 0 Å². The van der Waals surface area contributed by atoms with Crippen molar-refractivity contribution in [1.82, 2.24) is 5.32 Å². The summed E-state index contributed by atoms with van der Waals surface area (Å²) in [6.45, 7) is 0.546. The summed E-state index contributed by atoms with van der Waals surface area (Å²) in [6.07, 6.45) is 1.87. The molecule has 0 bridgehead atoms. The fourth-order valence-corrected chi connectivity index (χ4v) is 2.02. The lowest BCUT2D eigenvalue weighted by Crippen LogP contribution is -2.32. The van der Waals surface area contributed by atoms with Crippen LogP contribution in [0.1, 0.15) is 23.2 Å². The van der Waals surface area contributed by atoms with Crippen molar-refractivity contribution in [3.8, 4) is 11.5 Å². The van der Waals surface area contributed by atoms with Crippen LogP contribution in [0.3, 0.4) is 0 Å². The van der Waals surface area contributed by atoms with Crippen molar-refractivity contribution >= 4 is 11.6 Å². The molecule has 0 radical (unpaired) electrons. The molecule has 1 amide bonds. The quantitative estimate of drug-likeness (QED) is 0.670. The Bertz CT molecular complexity index is 512. The first kappa shape index (κ1) is 14.5. The Kier molecular flexibility index (Phi) is 4.04. The van der Waals surface area contributed by atoms with Crippen LogP contribution in [0, 0.1) is 5.41 Å². The first-order valence-electron chi connectivity index (χ1n) is 6.46. The van der Waals surface area contributed by atoms with E-state index in [9.17, 15) is 9.90 Å². The van der Waals surface area contributed by atoms with Crippen molar-refractivity contribution in [2.75, 3.05) is 33.1 Å². The number of nitrogens with two attached hydrogens (primary N) is 1. The fourth-order valence-electron chi connectivity index (χ4n) is 2.02. The van der Waals surface area contributed by atoms with Gasteiger partial charge >= 0.3 is 0 Å². The molecule has 0 aromatic heterocycles. The largest absolute Gasteiger partial charge is 0.493 e. The smallest absolute Gasteiger partial charge is 0.253 e. The van der Waals surface area contributed by atoms with Gasteiger partial charge in [0.1, 0.15) is 0 Å². The van der Waals surface area contributed by atoms with Gasteiger partial charge in [-0.2, -0.15) is 0 Å². The van der Waals surface area contributed by atoms with Crippen LogP contribution in [0.4, 0.5) is 5.69 Å². The first-order chi connectivity index (χ1) is 9.55. The van der Waals surface area contributed by atoms with Crippen molar-refractivity contribution in [3.05, 3.63) is 17.7 Å². The number of benzene rings is 1. The van der Waals surface area contributed by atoms with E-state index in [-0.39, 0.29) is 17.9 Å². The minimum atomic E-state index is -0.275. The minimum Gasteiger partial charge on any atom is -0.493 e. The molecule has 1 saturated carbocycles. The third-order valence-electron chi connectivity index (χ3n) is 3.72. The topological polar surface area (TPSA) is 93.8 Å². The lowest BCUT2D eigenvalue weighted by molar-refractivity contribution is 0.0935. The van der Waals surface area contributed by atoms with Gasteiger partial charge in [-0.05, 0) is 18.9 Å². The van der Waals surface area contributed by atoms with Crippen molar-refractivity contribution in [2.45, 2.75) is 12.8 Å². The molecule has 1 aromatic rings. The van der Waals surface area contributed by atoms with Crippen LogP contribution in [-0.4, -0.2) is 38.4 Å². The number of aliphatic hydroxyl groups is 1.